The average Bonchev–Trinajstić information content (AvgIpc) is 2.99. The number of hydrogen-bond acceptors (Lipinski definition) is 6. The van der Waals surface area contributed by atoms with E-state index in [1.54, 1.807) is 28.0 Å². The first-order valence-electron chi connectivity index (χ1n) is 7.80. The van der Waals surface area contributed by atoms with Crippen LogP contribution in [0.1, 0.15) is 0 Å². The van der Waals surface area contributed by atoms with Crippen molar-refractivity contribution in [2.45, 2.75) is 0 Å². The number of carbonyl (C=O) groups excluding carboxylic acids is 1. The average molecular weight is 328 g/mol. The molecular formula is C16H20N6O2. The first kappa shape index (κ1) is 16.1. The van der Waals surface area contributed by atoms with Gasteiger partial charge in [0, 0.05) is 46.0 Å². The lowest BCUT2D eigenvalue weighted by molar-refractivity contribution is 0.156. The van der Waals surface area contributed by atoms with Gasteiger partial charge in [0.15, 0.2) is 5.58 Å². The Morgan fingerprint density at radius 2 is 2.12 bits per heavy atom. The molecule has 2 amide bonds. The Morgan fingerprint density at radius 1 is 1.38 bits per heavy atom. The fourth-order valence-corrected chi connectivity index (χ4v) is 2.60. The van der Waals surface area contributed by atoms with Crippen LogP contribution in [0.15, 0.2) is 22.6 Å². The first-order valence-corrected chi connectivity index (χ1v) is 7.80. The van der Waals surface area contributed by atoms with Crippen molar-refractivity contribution in [1.82, 2.24) is 14.8 Å². The molecule has 0 atom stereocenters. The Kier molecular flexibility index (Phi) is 4.53. The summed E-state index contributed by atoms with van der Waals surface area (Å²) in [5.41, 5.74) is 2.07. The van der Waals surface area contributed by atoms with Crippen LogP contribution in [0.4, 0.5) is 16.5 Å². The van der Waals surface area contributed by atoms with Gasteiger partial charge in [0.1, 0.15) is 5.52 Å². The summed E-state index contributed by atoms with van der Waals surface area (Å²) in [7, 11) is 3.72. The first-order chi connectivity index (χ1) is 11.6. The summed E-state index contributed by atoms with van der Waals surface area (Å²) in [6, 6.07) is 7.93. The molecule has 1 aliphatic heterocycles. The number of piperazine rings is 1. The number of nitrogens with one attached hydrogen (secondary N) is 1. The zero-order chi connectivity index (χ0) is 17.1. The molecule has 24 heavy (non-hydrogen) atoms. The summed E-state index contributed by atoms with van der Waals surface area (Å²) in [5.74, 6) is 0. The van der Waals surface area contributed by atoms with Crippen LogP contribution in [0, 0.1) is 11.3 Å². The Morgan fingerprint density at radius 3 is 2.79 bits per heavy atom. The van der Waals surface area contributed by atoms with Gasteiger partial charge in [-0.25, -0.2) is 4.79 Å². The highest BCUT2D eigenvalue weighted by atomic mass is 16.4. The number of rotatable bonds is 3. The Hall–Kier alpha value is -2.79. The molecule has 0 bridgehead atoms. The highest BCUT2D eigenvalue weighted by Crippen LogP contribution is 2.23. The molecule has 126 valence electrons. The minimum atomic E-state index is -0.137. The zero-order valence-corrected chi connectivity index (χ0v) is 13.8. The van der Waals surface area contributed by atoms with Crippen molar-refractivity contribution in [1.29, 1.82) is 5.26 Å². The summed E-state index contributed by atoms with van der Waals surface area (Å²) in [6.45, 7) is 3.08. The molecule has 0 spiro atoms. The molecule has 1 aliphatic rings. The van der Waals surface area contributed by atoms with Gasteiger partial charge in [-0.15, -0.1) is 0 Å². The predicted octanol–water partition coefficient (Wildman–Crippen LogP) is 1.57. The predicted molar refractivity (Wildman–Crippen MR) is 91.0 cm³/mol. The van der Waals surface area contributed by atoms with Crippen LogP contribution in [0.5, 0.6) is 0 Å². The van der Waals surface area contributed by atoms with Gasteiger partial charge in [0.05, 0.1) is 12.6 Å². The van der Waals surface area contributed by atoms with E-state index in [4.69, 9.17) is 9.68 Å². The molecule has 0 aliphatic carbocycles. The fraction of sp³-hybridized carbons (Fsp3) is 0.438. The van der Waals surface area contributed by atoms with E-state index in [0.717, 1.165) is 13.1 Å². The lowest BCUT2D eigenvalue weighted by Gasteiger charge is -2.33. The third-order valence-corrected chi connectivity index (χ3v) is 3.96. The molecule has 0 radical (unpaired) electrons. The van der Waals surface area contributed by atoms with Crippen LogP contribution >= 0.6 is 0 Å². The van der Waals surface area contributed by atoms with Crippen molar-refractivity contribution in [3.63, 3.8) is 0 Å². The number of carbonyl (C=O) groups is 1. The second-order valence-corrected chi connectivity index (χ2v) is 5.92. The van der Waals surface area contributed by atoms with Crippen LogP contribution in [0.25, 0.3) is 11.1 Å². The van der Waals surface area contributed by atoms with E-state index in [0.29, 0.717) is 42.4 Å². The summed E-state index contributed by atoms with van der Waals surface area (Å²) < 4.78 is 5.60. The number of nitriles is 1. The van der Waals surface area contributed by atoms with Gasteiger partial charge in [-0.1, -0.05) is 0 Å². The SMILES string of the molecule is CN(C)c1nc2cc(NC(=O)N3CCN(CC#N)CC3)ccc2o1. The molecule has 0 saturated carbocycles. The van der Waals surface area contributed by atoms with Crippen LogP contribution in [-0.4, -0.2) is 67.6 Å². The van der Waals surface area contributed by atoms with E-state index in [2.05, 4.69) is 16.4 Å². The van der Waals surface area contributed by atoms with E-state index in [-0.39, 0.29) is 6.03 Å². The summed E-state index contributed by atoms with van der Waals surface area (Å²) in [5, 5.41) is 11.6. The molecule has 1 N–H and O–H groups in total. The zero-order valence-electron chi connectivity index (χ0n) is 13.8. The van der Waals surface area contributed by atoms with Gasteiger partial charge in [0.2, 0.25) is 0 Å². The van der Waals surface area contributed by atoms with Crippen molar-refractivity contribution >= 4 is 28.8 Å². The number of nitrogens with zero attached hydrogens (tertiary/aromatic N) is 5. The number of aromatic nitrogens is 1. The Labute approximate surface area is 140 Å². The van der Waals surface area contributed by atoms with Crippen LogP contribution in [0.2, 0.25) is 0 Å². The minimum absolute atomic E-state index is 0.137. The number of amides is 2. The van der Waals surface area contributed by atoms with Gasteiger partial charge >= 0.3 is 6.03 Å². The second-order valence-electron chi connectivity index (χ2n) is 5.92. The monoisotopic (exact) mass is 328 g/mol. The van der Waals surface area contributed by atoms with Crippen molar-refractivity contribution < 1.29 is 9.21 Å². The molecule has 8 heteroatoms. The molecule has 3 rings (SSSR count). The van der Waals surface area contributed by atoms with E-state index in [1.807, 2.05) is 19.0 Å². The summed E-state index contributed by atoms with van der Waals surface area (Å²) in [4.78, 5) is 22.3. The molecule has 1 aromatic heterocycles. The molecule has 1 saturated heterocycles. The molecular weight excluding hydrogens is 308 g/mol. The number of hydrogen-bond donors (Lipinski definition) is 1. The molecule has 2 aromatic rings. The van der Waals surface area contributed by atoms with Crippen molar-refractivity contribution in [3.8, 4) is 6.07 Å². The fourth-order valence-electron chi connectivity index (χ4n) is 2.60. The maximum absolute atomic E-state index is 12.4. The Bertz CT molecular complexity index is 770. The van der Waals surface area contributed by atoms with Gasteiger partial charge < -0.3 is 19.5 Å². The maximum Gasteiger partial charge on any atom is 0.321 e. The standard InChI is InChI=1S/C16H20N6O2/c1-20(2)16-19-13-11-12(3-4-14(13)24-16)18-15(23)22-9-7-21(6-5-17)8-10-22/h3-4,11H,6-10H2,1-2H3,(H,18,23). The molecule has 1 aromatic carbocycles. The quantitative estimate of drug-likeness (QED) is 0.860. The molecule has 2 heterocycles. The van der Waals surface area contributed by atoms with Gasteiger partial charge in [-0.05, 0) is 18.2 Å². The number of fused-ring (bicyclic) bond motifs is 1. The number of benzene rings is 1. The summed E-state index contributed by atoms with van der Waals surface area (Å²) in [6.07, 6.45) is 0. The van der Waals surface area contributed by atoms with Crippen molar-refractivity contribution in [2.75, 3.05) is 57.0 Å². The highest BCUT2D eigenvalue weighted by Gasteiger charge is 2.21. The number of oxazole rings is 1. The van der Waals surface area contributed by atoms with Crippen LogP contribution < -0.4 is 10.2 Å². The number of anilines is 2. The van der Waals surface area contributed by atoms with Crippen LogP contribution in [0.3, 0.4) is 0 Å². The van der Waals surface area contributed by atoms with E-state index >= 15 is 0 Å². The third kappa shape index (κ3) is 3.41. The lowest BCUT2D eigenvalue weighted by Crippen LogP contribution is -2.50. The second kappa shape index (κ2) is 6.76. The molecule has 1 fully saturated rings. The van der Waals surface area contributed by atoms with E-state index in [9.17, 15) is 4.79 Å². The maximum atomic E-state index is 12.4. The van der Waals surface area contributed by atoms with Gasteiger partial charge in [-0.2, -0.15) is 10.2 Å². The van der Waals surface area contributed by atoms with E-state index in [1.165, 1.54) is 0 Å². The highest BCUT2D eigenvalue weighted by molar-refractivity contribution is 5.92. The normalized spacial score (nSPS) is 15.3. The number of urea groups is 1. The molecule has 8 nitrogen and oxygen atoms in total. The van der Waals surface area contributed by atoms with Crippen LogP contribution in [-0.2, 0) is 0 Å². The van der Waals surface area contributed by atoms with Crippen molar-refractivity contribution in [2.24, 2.45) is 0 Å². The largest absolute Gasteiger partial charge is 0.423 e. The smallest absolute Gasteiger partial charge is 0.321 e. The van der Waals surface area contributed by atoms with Gasteiger partial charge in [-0.3, -0.25) is 4.90 Å². The molecule has 0 unspecified atom stereocenters. The van der Waals surface area contributed by atoms with Gasteiger partial charge in [0.25, 0.3) is 6.01 Å². The third-order valence-electron chi connectivity index (χ3n) is 3.96. The topological polar surface area (TPSA) is 88.6 Å². The minimum Gasteiger partial charge on any atom is -0.423 e. The lowest BCUT2D eigenvalue weighted by atomic mass is 10.3. The summed E-state index contributed by atoms with van der Waals surface area (Å²) >= 11 is 0. The van der Waals surface area contributed by atoms with Crippen molar-refractivity contribution in [3.05, 3.63) is 18.2 Å². The Balaban J connectivity index is 1.64. The van der Waals surface area contributed by atoms with E-state index < -0.39 is 0 Å².